The Kier molecular flexibility index (Phi) is 4.83. The van der Waals surface area contributed by atoms with Gasteiger partial charge in [-0.2, -0.15) is 0 Å². The predicted molar refractivity (Wildman–Crippen MR) is 76.4 cm³/mol. The first-order chi connectivity index (χ1) is 8.81. The Morgan fingerprint density at radius 3 is 2.75 bits per heavy atom. The second-order valence-electron chi connectivity index (χ2n) is 5.11. The number of ether oxygens (including phenoxy) is 1. The van der Waals surface area contributed by atoms with Crippen LogP contribution in [0.5, 0.6) is 0 Å². The first-order valence-electron chi connectivity index (χ1n) is 5.68. The number of amides is 1. The van der Waals surface area contributed by atoms with Gasteiger partial charge in [-0.25, -0.2) is 4.79 Å². The molecule has 20 heavy (non-hydrogen) atoms. The van der Waals surface area contributed by atoms with Crippen molar-refractivity contribution >= 4 is 35.8 Å². The lowest BCUT2D eigenvalue weighted by Crippen LogP contribution is -2.46. The van der Waals surface area contributed by atoms with Gasteiger partial charge in [0.2, 0.25) is 0 Å². The van der Waals surface area contributed by atoms with Crippen LogP contribution in [0.1, 0.15) is 25.5 Å². The highest BCUT2D eigenvalue weighted by molar-refractivity contribution is 6.32. The summed E-state index contributed by atoms with van der Waals surface area (Å²) in [7, 11) is 0. The molecule has 0 radical (unpaired) electrons. The zero-order valence-electron chi connectivity index (χ0n) is 10.9. The normalized spacial score (nSPS) is 20.4. The van der Waals surface area contributed by atoms with E-state index in [0.717, 1.165) is 0 Å². The van der Waals surface area contributed by atoms with Crippen LogP contribution in [-0.2, 0) is 4.74 Å². The number of hydrogen-bond acceptors (Lipinski definition) is 4. The number of carbonyl (C=O) groups excluding carboxylic acids is 1. The fourth-order valence-electron chi connectivity index (χ4n) is 2.07. The Labute approximate surface area is 127 Å². The second-order valence-corrected chi connectivity index (χ2v) is 5.52. The van der Waals surface area contributed by atoms with Crippen LogP contribution in [0.3, 0.4) is 0 Å². The third-order valence-corrected chi connectivity index (χ3v) is 3.44. The number of carbonyl (C=O) groups is 1. The third kappa shape index (κ3) is 3.13. The minimum atomic E-state index is -0.542. The van der Waals surface area contributed by atoms with Crippen molar-refractivity contribution in [3.05, 3.63) is 38.9 Å². The number of nitro benzene ring substituents is 1. The smallest absolute Gasteiger partial charge is 0.407 e. The zero-order chi connectivity index (χ0) is 14.2. The molecule has 0 aliphatic carbocycles. The van der Waals surface area contributed by atoms with E-state index in [1.54, 1.807) is 6.07 Å². The summed E-state index contributed by atoms with van der Waals surface area (Å²) in [6.07, 6.45) is -0.526. The molecule has 1 atom stereocenters. The van der Waals surface area contributed by atoms with Gasteiger partial charge in [-0.1, -0.05) is 31.5 Å². The molecule has 1 aromatic rings. The molecule has 0 bridgehead atoms. The minimum Gasteiger partial charge on any atom is -0.449 e. The lowest BCUT2D eigenvalue weighted by Gasteiger charge is -2.38. The molecule has 1 N–H and O–H groups in total. The molecule has 8 heteroatoms. The van der Waals surface area contributed by atoms with Crippen molar-refractivity contribution in [2.45, 2.75) is 19.9 Å². The lowest BCUT2D eigenvalue weighted by atomic mass is 9.80. The van der Waals surface area contributed by atoms with Gasteiger partial charge in [-0.05, 0) is 11.6 Å². The monoisotopic (exact) mass is 320 g/mol. The largest absolute Gasteiger partial charge is 0.449 e. The molecule has 110 valence electrons. The Morgan fingerprint density at radius 2 is 2.15 bits per heavy atom. The van der Waals surface area contributed by atoms with Gasteiger partial charge in [0.25, 0.3) is 5.69 Å². The number of nitrogens with zero attached hydrogens (tertiary/aromatic N) is 1. The minimum absolute atomic E-state index is 0. The molecule has 1 heterocycles. The highest BCUT2D eigenvalue weighted by Crippen LogP contribution is 2.38. The fourth-order valence-corrected chi connectivity index (χ4v) is 2.26. The van der Waals surface area contributed by atoms with E-state index in [0.29, 0.717) is 5.56 Å². The third-order valence-electron chi connectivity index (χ3n) is 3.12. The van der Waals surface area contributed by atoms with Crippen molar-refractivity contribution in [2.24, 2.45) is 5.41 Å². The average Bonchev–Trinajstić information content (AvgIpc) is 2.33. The van der Waals surface area contributed by atoms with Crippen LogP contribution < -0.4 is 5.32 Å². The van der Waals surface area contributed by atoms with Gasteiger partial charge in [0.1, 0.15) is 11.6 Å². The number of cyclic esters (lactones) is 1. The number of nitro groups is 1. The number of benzene rings is 1. The van der Waals surface area contributed by atoms with Crippen molar-refractivity contribution in [3.63, 3.8) is 0 Å². The Morgan fingerprint density at radius 1 is 1.50 bits per heavy atom. The van der Waals surface area contributed by atoms with Gasteiger partial charge in [0.15, 0.2) is 0 Å². The first kappa shape index (κ1) is 16.5. The maximum Gasteiger partial charge on any atom is 0.407 e. The quantitative estimate of drug-likeness (QED) is 0.668. The summed E-state index contributed by atoms with van der Waals surface area (Å²) in [4.78, 5) is 21.7. The molecule has 0 aromatic heterocycles. The Balaban J connectivity index is 0.00000200. The van der Waals surface area contributed by atoms with Crippen molar-refractivity contribution < 1.29 is 14.5 Å². The van der Waals surface area contributed by atoms with Gasteiger partial charge in [0.05, 0.1) is 11.0 Å². The number of hydrogen-bond donors (Lipinski definition) is 1. The summed E-state index contributed by atoms with van der Waals surface area (Å²) in [5, 5.41) is 13.6. The molecule has 1 aliphatic heterocycles. The highest BCUT2D eigenvalue weighted by atomic mass is 35.5. The molecule has 1 fully saturated rings. The van der Waals surface area contributed by atoms with E-state index in [1.807, 2.05) is 13.8 Å². The van der Waals surface area contributed by atoms with Crippen LogP contribution in [0, 0.1) is 15.5 Å². The molecule has 2 rings (SSSR count). The fraction of sp³-hybridized carbons (Fsp3) is 0.417. The van der Waals surface area contributed by atoms with Gasteiger partial charge in [-0.3, -0.25) is 10.1 Å². The number of nitrogens with one attached hydrogen (secondary N) is 1. The first-order valence-corrected chi connectivity index (χ1v) is 6.06. The van der Waals surface area contributed by atoms with Crippen LogP contribution in [0.25, 0.3) is 0 Å². The number of rotatable bonds is 2. The summed E-state index contributed by atoms with van der Waals surface area (Å²) in [5.41, 5.74) is 0.101. The molecule has 6 nitrogen and oxygen atoms in total. The molecule has 1 aliphatic rings. The van der Waals surface area contributed by atoms with Crippen LogP contribution in [-0.4, -0.2) is 17.6 Å². The lowest BCUT2D eigenvalue weighted by molar-refractivity contribution is -0.384. The summed E-state index contributed by atoms with van der Waals surface area (Å²) in [6, 6.07) is 4.17. The highest BCUT2D eigenvalue weighted by Gasteiger charge is 2.38. The van der Waals surface area contributed by atoms with Gasteiger partial charge < -0.3 is 10.1 Å². The van der Waals surface area contributed by atoms with Crippen LogP contribution in [0.2, 0.25) is 5.02 Å². The van der Waals surface area contributed by atoms with Gasteiger partial charge in [-0.15, -0.1) is 12.4 Å². The van der Waals surface area contributed by atoms with Crippen molar-refractivity contribution in [1.29, 1.82) is 0 Å². The molecule has 0 spiro atoms. The molecular formula is C12H14Cl2N2O4. The van der Waals surface area contributed by atoms with Crippen molar-refractivity contribution in [2.75, 3.05) is 6.61 Å². The van der Waals surface area contributed by atoms with Gasteiger partial charge in [0, 0.05) is 11.5 Å². The van der Waals surface area contributed by atoms with Crippen LogP contribution >= 0.6 is 24.0 Å². The van der Waals surface area contributed by atoms with E-state index in [2.05, 4.69) is 5.32 Å². The zero-order valence-corrected chi connectivity index (χ0v) is 12.5. The Bertz CT molecular complexity index is 548. The Hall–Kier alpha value is -1.53. The molecule has 0 saturated carbocycles. The van der Waals surface area contributed by atoms with Crippen LogP contribution in [0.15, 0.2) is 18.2 Å². The molecular weight excluding hydrogens is 307 g/mol. The number of alkyl carbamates (subject to hydrolysis) is 1. The van der Waals surface area contributed by atoms with E-state index < -0.39 is 11.0 Å². The van der Waals surface area contributed by atoms with E-state index >= 15 is 0 Å². The molecule has 1 aromatic carbocycles. The summed E-state index contributed by atoms with van der Waals surface area (Å²) in [5.74, 6) is 0. The van der Waals surface area contributed by atoms with Crippen molar-refractivity contribution in [1.82, 2.24) is 5.32 Å². The maximum absolute atomic E-state index is 11.3. The SMILES string of the molecule is CC1(C)COC(=O)N[C@@H]1c1ccc(Cl)c([N+](=O)[O-])c1.Cl. The van der Waals surface area contributed by atoms with E-state index in [1.165, 1.54) is 12.1 Å². The second kappa shape index (κ2) is 5.85. The molecule has 0 unspecified atom stereocenters. The molecule has 1 amide bonds. The van der Waals surface area contributed by atoms with Crippen LogP contribution in [0.4, 0.5) is 10.5 Å². The van der Waals surface area contributed by atoms with E-state index in [4.69, 9.17) is 16.3 Å². The standard InChI is InChI=1S/C12H13ClN2O4.ClH/c1-12(2)6-19-11(16)14-10(12)7-3-4-8(13)9(5-7)15(17)18;/h3-5,10H,6H2,1-2H3,(H,14,16);1H/t10-;/m1./s1. The van der Waals surface area contributed by atoms with Gasteiger partial charge >= 0.3 is 6.09 Å². The topological polar surface area (TPSA) is 81.5 Å². The van der Waals surface area contributed by atoms with Crippen molar-refractivity contribution in [3.8, 4) is 0 Å². The number of halogens is 2. The molecule has 1 saturated heterocycles. The summed E-state index contributed by atoms with van der Waals surface area (Å²) in [6.45, 7) is 4.08. The summed E-state index contributed by atoms with van der Waals surface area (Å²) >= 11 is 5.78. The predicted octanol–water partition coefficient (Wildman–Crippen LogP) is 3.48. The average molecular weight is 321 g/mol. The van der Waals surface area contributed by atoms with E-state index in [-0.39, 0.29) is 41.2 Å². The van der Waals surface area contributed by atoms with E-state index in [9.17, 15) is 14.9 Å². The summed E-state index contributed by atoms with van der Waals surface area (Å²) < 4.78 is 4.94. The maximum atomic E-state index is 11.3.